The van der Waals surface area contributed by atoms with Crippen LogP contribution in [0, 0.1) is 17.2 Å². The van der Waals surface area contributed by atoms with Crippen LogP contribution in [0.1, 0.15) is 24.0 Å². The number of nitrogens with zero attached hydrogens (tertiary/aromatic N) is 1. The fraction of sp³-hybridized carbons (Fsp3) is 0.280. The Morgan fingerprint density at radius 3 is 2.55 bits per heavy atom. The lowest BCUT2D eigenvalue weighted by Crippen LogP contribution is -2.44. The molecule has 2 aromatic rings. The number of nitriles is 1. The molecule has 2 amide bonds. The van der Waals surface area contributed by atoms with E-state index in [-0.39, 0.29) is 15.6 Å². The monoisotopic (exact) mass is 567 g/mol. The van der Waals surface area contributed by atoms with E-state index >= 15 is 0 Å². The fourth-order valence-electron chi connectivity index (χ4n) is 3.83. The average Bonchev–Trinajstić information content (AvgIpc) is 2.87. The van der Waals surface area contributed by atoms with E-state index in [1.807, 2.05) is 6.07 Å². The molecule has 0 fully saturated rings. The van der Waals surface area contributed by atoms with E-state index in [9.17, 15) is 32.8 Å². The minimum atomic E-state index is -4.68. The van der Waals surface area contributed by atoms with Crippen molar-refractivity contribution in [2.75, 3.05) is 24.8 Å². The lowest BCUT2D eigenvalue weighted by Gasteiger charge is -2.31. The molecule has 0 aliphatic carbocycles. The zero-order valence-corrected chi connectivity index (χ0v) is 21.6. The molecule has 0 saturated carbocycles. The number of alkyl halides is 3. The number of benzene rings is 2. The number of hydrogen-bond donors (Lipinski definition) is 2. The summed E-state index contributed by atoms with van der Waals surface area (Å²) >= 11 is 7.03. The lowest BCUT2D eigenvalue weighted by atomic mass is 9.78. The van der Waals surface area contributed by atoms with Gasteiger partial charge in [0.2, 0.25) is 11.8 Å². The summed E-state index contributed by atoms with van der Waals surface area (Å²) in [7, 11) is 1.10. The van der Waals surface area contributed by atoms with E-state index < -0.39 is 52.8 Å². The third kappa shape index (κ3) is 6.41. The summed E-state index contributed by atoms with van der Waals surface area (Å²) in [6, 6.07) is 11.0. The molecular weight excluding hydrogens is 547 g/mol. The maximum atomic E-state index is 13.2. The molecule has 0 aromatic heterocycles. The van der Waals surface area contributed by atoms with Crippen molar-refractivity contribution in [3.8, 4) is 11.8 Å². The number of para-hydroxylation sites is 1. The maximum absolute atomic E-state index is 13.2. The molecule has 1 aliphatic rings. The summed E-state index contributed by atoms with van der Waals surface area (Å²) in [5, 5.41) is 14.8. The van der Waals surface area contributed by atoms with Gasteiger partial charge in [-0.1, -0.05) is 41.6 Å². The molecule has 38 heavy (non-hydrogen) atoms. The number of nitrogens with one attached hydrogen (secondary N) is 2. The van der Waals surface area contributed by atoms with Crippen LogP contribution in [-0.4, -0.2) is 37.3 Å². The highest BCUT2D eigenvalue weighted by molar-refractivity contribution is 8.03. The first-order chi connectivity index (χ1) is 18.0. The highest BCUT2D eigenvalue weighted by Crippen LogP contribution is 2.42. The van der Waals surface area contributed by atoms with Crippen LogP contribution in [0.25, 0.3) is 0 Å². The predicted molar refractivity (Wildman–Crippen MR) is 134 cm³/mol. The number of rotatable bonds is 8. The molecule has 3 rings (SSSR count). The van der Waals surface area contributed by atoms with E-state index in [1.165, 1.54) is 24.3 Å². The van der Waals surface area contributed by atoms with Crippen molar-refractivity contribution in [2.45, 2.75) is 19.0 Å². The van der Waals surface area contributed by atoms with E-state index in [0.29, 0.717) is 17.9 Å². The van der Waals surface area contributed by atoms with Crippen molar-refractivity contribution < 1.29 is 37.0 Å². The zero-order valence-electron chi connectivity index (χ0n) is 20.0. The summed E-state index contributed by atoms with van der Waals surface area (Å²) < 4.78 is 49.9. The van der Waals surface area contributed by atoms with E-state index in [1.54, 1.807) is 13.0 Å². The van der Waals surface area contributed by atoms with Crippen molar-refractivity contribution in [2.24, 2.45) is 5.92 Å². The van der Waals surface area contributed by atoms with E-state index in [2.05, 4.69) is 10.6 Å². The van der Waals surface area contributed by atoms with Gasteiger partial charge in [-0.25, -0.2) is 0 Å². The van der Waals surface area contributed by atoms with Crippen LogP contribution >= 0.6 is 23.4 Å². The number of ether oxygens (including phenoxy) is 2. The second-order valence-electron chi connectivity index (χ2n) is 7.83. The number of esters is 1. The first-order valence-electron chi connectivity index (χ1n) is 11.1. The maximum Gasteiger partial charge on any atom is 0.418 e. The number of allylic oxidation sites excluding steroid dienone is 1. The van der Waals surface area contributed by atoms with Gasteiger partial charge >= 0.3 is 12.1 Å². The molecule has 0 spiro atoms. The largest absolute Gasteiger partial charge is 0.492 e. The molecule has 200 valence electrons. The first-order valence-corrected chi connectivity index (χ1v) is 12.4. The van der Waals surface area contributed by atoms with Gasteiger partial charge in [0.15, 0.2) is 0 Å². The van der Waals surface area contributed by atoms with Gasteiger partial charge < -0.3 is 20.1 Å². The summed E-state index contributed by atoms with van der Waals surface area (Å²) in [5.74, 6) is -5.09. The molecule has 1 heterocycles. The molecule has 2 atom stereocenters. The van der Waals surface area contributed by atoms with Crippen molar-refractivity contribution in [3.63, 3.8) is 0 Å². The minimum Gasteiger partial charge on any atom is -0.492 e. The van der Waals surface area contributed by atoms with Crippen molar-refractivity contribution >= 4 is 46.8 Å². The molecule has 2 aromatic carbocycles. The fourth-order valence-corrected chi connectivity index (χ4v) is 4.92. The Hall–Kier alpha value is -3.69. The van der Waals surface area contributed by atoms with Crippen molar-refractivity contribution in [1.82, 2.24) is 5.32 Å². The number of methoxy groups -OCH3 is 1. The number of carbonyl (C=O) groups excluding carboxylic acids is 3. The van der Waals surface area contributed by atoms with Crippen LogP contribution in [0.15, 0.2) is 53.1 Å². The standard InChI is InChI=1S/C25H21ClF3N3O5S/c1-3-37-18-9-8-13(10-16(18)26)20-14(11-30)23(32-22(34)21(20)24(35)36-2)38-12-19(33)31-17-7-5-4-6-15(17)25(27,28)29/h4-10,20-21H,3,12H2,1-2H3,(H,31,33)(H,32,34)/t20-,21-/m0/s1. The highest BCUT2D eigenvalue weighted by atomic mass is 35.5. The van der Waals surface area contributed by atoms with Gasteiger partial charge in [-0.15, -0.1) is 0 Å². The SMILES string of the molecule is CCOc1ccc([C@H]2C(C#N)=C(SCC(=O)Nc3ccccc3C(F)(F)F)NC(=O)[C@H]2C(=O)OC)cc1Cl. The van der Waals surface area contributed by atoms with E-state index in [0.717, 1.165) is 31.0 Å². The number of thioether (sulfide) groups is 1. The van der Waals surface area contributed by atoms with Crippen LogP contribution in [0.4, 0.5) is 18.9 Å². The number of halogens is 4. The molecule has 2 N–H and O–H groups in total. The quantitative estimate of drug-likeness (QED) is 0.345. The van der Waals surface area contributed by atoms with Crippen LogP contribution in [-0.2, 0) is 25.3 Å². The lowest BCUT2D eigenvalue weighted by molar-refractivity contribution is -0.150. The molecular formula is C25H21ClF3N3O5S. The van der Waals surface area contributed by atoms with Gasteiger partial charge in [0.1, 0.15) is 11.7 Å². The third-order valence-corrected chi connectivity index (χ3v) is 6.77. The Labute approximate surface area is 225 Å². The van der Waals surface area contributed by atoms with Gasteiger partial charge in [0, 0.05) is 5.92 Å². The smallest absolute Gasteiger partial charge is 0.418 e. The van der Waals surface area contributed by atoms with Crippen molar-refractivity contribution in [3.05, 3.63) is 69.2 Å². The van der Waals surface area contributed by atoms with Crippen LogP contribution in [0.5, 0.6) is 5.75 Å². The van der Waals surface area contributed by atoms with Crippen LogP contribution in [0.3, 0.4) is 0 Å². The Bertz CT molecular complexity index is 1330. The molecule has 8 nitrogen and oxygen atoms in total. The first kappa shape index (κ1) is 28.9. The number of amides is 2. The summed E-state index contributed by atoms with van der Waals surface area (Å²) in [6.45, 7) is 2.11. The van der Waals surface area contributed by atoms with Crippen molar-refractivity contribution in [1.29, 1.82) is 5.26 Å². The third-order valence-electron chi connectivity index (χ3n) is 5.45. The summed E-state index contributed by atoms with van der Waals surface area (Å²) in [6.07, 6.45) is -4.68. The molecule has 1 aliphatic heterocycles. The number of hydrogen-bond acceptors (Lipinski definition) is 7. The Morgan fingerprint density at radius 2 is 1.95 bits per heavy atom. The summed E-state index contributed by atoms with van der Waals surface area (Å²) in [5.41, 5.74) is -1.15. The highest BCUT2D eigenvalue weighted by Gasteiger charge is 2.44. The number of carbonyl (C=O) groups is 3. The van der Waals surface area contributed by atoms with Gasteiger partial charge in [-0.3, -0.25) is 14.4 Å². The number of anilines is 1. The Kier molecular flexibility index (Phi) is 9.30. The second kappa shape index (κ2) is 12.2. The molecule has 0 bridgehead atoms. The van der Waals surface area contributed by atoms with Gasteiger partial charge in [0.25, 0.3) is 0 Å². The minimum absolute atomic E-state index is 0.0214. The van der Waals surface area contributed by atoms with Crippen LogP contribution < -0.4 is 15.4 Å². The molecule has 0 saturated heterocycles. The topological polar surface area (TPSA) is 118 Å². The Balaban J connectivity index is 1.93. The van der Waals surface area contributed by atoms with E-state index in [4.69, 9.17) is 21.1 Å². The normalized spacial score (nSPS) is 17.3. The van der Waals surface area contributed by atoms with Gasteiger partial charge in [-0.2, -0.15) is 18.4 Å². The average molecular weight is 568 g/mol. The van der Waals surface area contributed by atoms with Crippen LogP contribution in [0.2, 0.25) is 5.02 Å². The summed E-state index contributed by atoms with van der Waals surface area (Å²) in [4.78, 5) is 38.0. The Morgan fingerprint density at radius 1 is 1.24 bits per heavy atom. The molecule has 13 heteroatoms. The van der Waals surface area contributed by atoms with Gasteiger partial charge in [-0.05, 0) is 36.8 Å². The molecule has 0 unspecified atom stereocenters. The zero-order chi connectivity index (χ0) is 28.0. The predicted octanol–water partition coefficient (Wildman–Crippen LogP) is 4.87. The van der Waals surface area contributed by atoms with Gasteiger partial charge in [0.05, 0.1) is 52.4 Å². The molecule has 0 radical (unpaired) electrons. The second-order valence-corrected chi connectivity index (χ2v) is 9.22.